The van der Waals surface area contributed by atoms with Crippen LogP contribution < -0.4 is 11.1 Å². The van der Waals surface area contributed by atoms with E-state index in [1.54, 1.807) is 0 Å². The molecular weight excluding hydrogens is 226 g/mol. The molecule has 0 aromatic heterocycles. The highest BCUT2D eigenvalue weighted by Crippen LogP contribution is 2.19. The van der Waals surface area contributed by atoms with Crippen molar-refractivity contribution in [3.05, 3.63) is 0 Å². The quantitative estimate of drug-likeness (QED) is 0.703. The summed E-state index contributed by atoms with van der Waals surface area (Å²) in [6.07, 6.45) is 8.10. The molecule has 1 heterocycles. The molecule has 1 aliphatic heterocycles. The van der Waals surface area contributed by atoms with Crippen LogP contribution in [0.5, 0.6) is 0 Å². The lowest BCUT2D eigenvalue weighted by molar-refractivity contribution is 0.164. The third-order valence-corrected chi connectivity index (χ3v) is 4.32. The average molecular weight is 253 g/mol. The van der Waals surface area contributed by atoms with Gasteiger partial charge in [-0.05, 0) is 31.6 Å². The van der Waals surface area contributed by atoms with Crippen molar-refractivity contribution in [3.63, 3.8) is 0 Å². The summed E-state index contributed by atoms with van der Waals surface area (Å²) < 4.78 is 0. The van der Waals surface area contributed by atoms with Gasteiger partial charge in [-0.15, -0.1) is 0 Å². The van der Waals surface area contributed by atoms with Gasteiger partial charge in [0.25, 0.3) is 0 Å². The lowest BCUT2D eigenvalue weighted by Gasteiger charge is -2.33. The summed E-state index contributed by atoms with van der Waals surface area (Å²) in [5.41, 5.74) is 6.15. The highest BCUT2D eigenvalue weighted by atomic mass is 16.2. The molecule has 0 aromatic rings. The lowest BCUT2D eigenvalue weighted by Crippen LogP contribution is -2.53. The number of nitrogens with one attached hydrogen (secondary N) is 1. The molecule has 18 heavy (non-hydrogen) atoms. The monoisotopic (exact) mass is 253 g/mol. The Balaban J connectivity index is 1.85. The molecular formula is C14H27N3O. The Hall–Kier alpha value is -0.770. The largest absolute Gasteiger partial charge is 0.334 e. The second-order valence-electron chi connectivity index (χ2n) is 6.05. The van der Waals surface area contributed by atoms with Crippen LogP contribution in [-0.4, -0.2) is 36.1 Å². The molecule has 0 aromatic carbocycles. The number of urea groups is 1. The molecule has 0 radical (unpaired) electrons. The van der Waals surface area contributed by atoms with Crippen molar-refractivity contribution in [3.8, 4) is 0 Å². The normalized spacial score (nSPS) is 33.9. The zero-order valence-electron chi connectivity index (χ0n) is 11.5. The highest BCUT2D eigenvalue weighted by molar-refractivity contribution is 5.74. The number of hydrogen-bond acceptors (Lipinski definition) is 2. The Morgan fingerprint density at radius 3 is 2.72 bits per heavy atom. The molecule has 1 saturated heterocycles. The first-order valence-corrected chi connectivity index (χ1v) is 7.48. The van der Waals surface area contributed by atoms with Gasteiger partial charge in [-0.1, -0.05) is 26.2 Å². The van der Waals surface area contributed by atoms with E-state index in [-0.39, 0.29) is 18.1 Å². The zero-order chi connectivity index (χ0) is 13.0. The predicted octanol–water partition coefficient (Wildman–Crippen LogP) is 2.09. The topological polar surface area (TPSA) is 58.4 Å². The summed E-state index contributed by atoms with van der Waals surface area (Å²) in [7, 11) is 0. The van der Waals surface area contributed by atoms with Gasteiger partial charge in [0.2, 0.25) is 0 Å². The second kappa shape index (κ2) is 6.41. The minimum atomic E-state index is 0.101. The summed E-state index contributed by atoms with van der Waals surface area (Å²) in [4.78, 5) is 14.2. The van der Waals surface area contributed by atoms with E-state index in [9.17, 15) is 4.79 Å². The number of likely N-dealkylation sites (tertiary alicyclic amines) is 1. The molecule has 4 nitrogen and oxygen atoms in total. The van der Waals surface area contributed by atoms with Crippen LogP contribution >= 0.6 is 0 Å². The van der Waals surface area contributed by atoms with Gasteiger partial charge in [0.1, 0.15) is 0 Å². The number of carbonyl (C=O) groups is 1. The maximum atomic E-state index is 12.2. The van der Waals surface area contributed by atoms with E-state index >= 15 is 0 Å². The van der Waals surface area contributed by atoms with Gasteiger partial charge < -0.3 is 16.0 Å². The Bertz CT molecular complexity index is 282. The molecule has 1 aliphatic carbocycles. The van der Waals surface area contributed by atoms with E-state index in [2.05, 4.69) is 12.2 Å². The summed E-state index contributed by atoms with van der Waals surface area (Å²) >= 11 is 0. The van der Waals surface area contributed by atoms with Gasteiger partial charge in [0.15, 0.2) is 0 Å². The van der Waals surface area contributed by atoms with E-state index < -0.39 is 0 Å². The maximum absolute atomic E-state index is 12.2. The lowest BCUT2D eigenvalue weighted by atomic mass is 10.0. The van der Waals surface area contributed by atoms with Crippen molar-refractivity contribution in [1.82, 2.24) is 10.2 Å². The molecule has 0 bridgehead atoms. The van der Waals surface area contributed by atoms with Gasteiger partial charge in [-0.25, -0.2) is 4.79 Å². The molecule has 3 N–H and O–H groups in total. The fourth-order valence-corrected chi connectivity index (χ4v) is 3.14. The summed E-state index contributed by atoms with van der Waals surface area (Å²) in [6, 6.07) is 0.416. The van der Waals surface area contributed by atoms with Crippen molar-refractivity contribution < 1.29 is 4.79 Å². The Morgan fingerprint density at radius 1 is 1.17 bits per heavy atom. The Kier molecular flexibility index (Phi) is 4.87. The number of hydrogen-bond donors (Lipinski definition) is 2. The number of rotatable bonds is 1. The average Bonchev–Trinajstić information content (AvgIpc) is 2.55. The zero-order valence-corrected chi connectivity index (χ0v) is 11.5. The van der Waals surface area contributed by atoms with Crippen LogP contribution in [0.15, 0.2) is 0 Å². The van der Waals surface area contributed by atoms with Crippen LogP contribution in [0.3, 0.4) is 0 Å². The molecule has 2 amide bonds. The van der Waals surface area contributed by atoms with Gasteiger partial charge in [-0.2, -0.15) is 0 Å². The second-order valence-corrected chi connectivity index (χ2v) is 6.05. The molecule has 2 aliphatic rings. The van der Waals surface area contributed by atoms with Gasteiger partial charge in [0.05, 0.1) is 0 Å². The smallest absolute Gasteiger partial charge is 0.317 e. The summed E-state index contributed by atoms with van der Waals surface area (Å²) in [5.74, 6) is 0.632. The van der Waals surface area contributed by atoms with E-state index in [1.165, 1.54) is 25.7 Å². The fourth-order valence-electron chi connectivity index (χ4n) is 3.14. The minimum Gasteiger partial charge on any atom is -0.334 e. The first kappa shape index (κ1) is 13.7. The number of nitrogens with two attached hydrogens (primary N) is 1. The summed E-state index contributed by atoms with van der Waals surface area (Å²) in [6.45, 7) is 4.02. The third-order valence-electron chi connectivity index (χ3n) is 4.32. The Morgan fingerprint density at radius 2 is 1.94 bits per heavy atom. The van der Waals surface area contributed by atoms with Crippen molar-refractivity contribution in [2.24, 2.45) is 11.7 Å². The fraction of sp³-hybridized carbons (Fsp3) is 0.929. The van der Waals surface area contributed by atoms with Crippen molar-refractivity contribution in [2.75, 3.05) is 13.1 Å². The van der Waals surface area contributed by atoms with Crippen molar-refractivity contribution >= 4 is 6.03 Å². The number of amides is 2. The number of piperidine rings is 1. The molecule has 1 saturated carbocycles. The third kappa shape index (κ3) is 3.61. The number of nitrogens with zero attached hydrogens (tertiary/aromatic N) is 1. The standard InChI is InChI=1S/C14H27N3O/c1-11-6-5-9-17(10-11)14(18)16-13-8-4-2-3-7-12(13)15/h11-13H,2-10,15H2,1H3,(H,16,18). The predicted molar refractivity (Wildman–Crippen MR) is 73.4 cm³/mol. The van der Waals surface area contributed by atoms with Gasteiger partial charge in [0, 0.05) is 25.2 Å². The van der Waals surface area contributed by atoms with E-state index in [4.69, 9.17) is 5.73 Å². The highest BCUT2D eigenvalue weighted by Gasteiger charge is 2.26. The van der Waals surface area contributed by atoms with Gasteiger partial charge >= 0.3 is 6.03 Å². The van der Waals surface area contributed by atoms with Gasteiger partial charge in [-0.3, -0.25) is 0 Å². The van der Waals surface area contributed by atoms with E-state index in [0.717, 1.165) is 32.4 Å². The van der Waals surface area contributed by atoms with Crippen LogP contribution in [0.2, 0.25) is 0 Å². The van der Waals surface area contributed by atoms with E-state index in [0.29, 0.717) is 5.92 Å². The van der Waals surface area contributed by atoms with Crippen LogP contribution in [0.1, 0.15) is 51.9 Å². The van der Waals surface area contributed by atoms with Crippen LogP contribution in [0.4, 0.5) is 4.79 Å². The maximum Gasteiger partial charge on any atom is 0.317 e. The first-order valence-electron chi connectivity index (χ1n) is 7.48. The summed E-state index contributed by atoms with van der Waals surface area (Å²) in [5, 5.41) is 3.16. The SMILES string of the molecule is CC1CCCN(C(=O)NC2CCCCCC2N)C1. The van der Waals surface area contributed by atoms with Crippen LogP contribution in [0.25, 0.3) is 0 Å². The molecule has 104 valence electrons. The molecule has 2 rings (SSSR count). The molecule has 3 unspecified atom stereocenters. The van der Waals surface area contributed by atoms with Crippen molar-refractivity contribution in [2.45, 2.75) is 64.0 Å². The number of carbonyl (C=O) groups excluding carboxylic acids is 1. The molecule has 0 spiro atoms. The van der Waals surface area contributed by atoms with Crippen LogP contribution in [0, 0.1) is 5.92 Å². The molecule has 3 atom stereocenters. The first-order chi connectivity index (χ1) is 8.66. The molecule has 2 fully saturated rings. The van der Waals surface area contributed by atoms with Crippen LogP contribution in [-0.2, 0) is 0 Å². The minimum absolute atomic E-state index is 0.101. The van der Waals surface area contributed by atoms with Crippen molar-refractivity contribution in [1.29, 1.82) is 0 Å². The Labute approximate surface area is 110 Å². The molecule has 4 heteroatoms. The van der Waals surface area contributed by atoms with E-state index in [1.807, 2.05) is 4.90 Å².